The molecule has 0 bridgehead atoms. The molecule has 4 nitrogen and oxygen atoms in total. The van der Waals surface area contributed by atoms with Gasteiger partial charge in [-0.2, -0.15) is 5.10 Å². The highest BCUT2D eigenvalue weighted by molar-refractivity contribution is 5.07. The number of nitrogens with zero attached hydrogens (tertiary/aromatic N) is 2. The molecule has 0 aliphatic rings. The van der Waals surface area contributed by atoms with Crippen molar-refractivity contribution in [3.8, 4) is 0 Å². The molecule has 1 atom stereocenters. The summed E-state index contributed by atoms with van der Waals surface area (Å²) in [6.07, 6.45) is 3.97. The third-order valence-electron chi connectivity index (χ3n) is 2.60. The van der Waals surface area contributed by atoms with Gasteiger partial charge < -0.3 is 10.1 Å². The van der Waals surface area contributed by atoms with Gasteiger partial charge in [-0.3, -0.25) is 4.68 Å². The maximum Gasteiger partial charge on any atom is 0.0554 e. The van der Waals surface area contributed by atoms with Gasteiger partial charge in [-0.1, -0.05) is 13.8 Å². The number of methoxy groups -OCH3 is 1. The first kappa shape index (κ1) is 13.2. The van der Waals surface area contributed by atoms with Crippen LogP contribution >= 0.6 is 0 Å². The van der Waals surface area contributed by atoms with E-state index in [0.29, 0.717) is 6.04 Å². The van der Waals surface area contributed by atoms with Crippen molar-refractivity contribution >= 4 is 0 Å². The van der Waals surface area contributed by atoms with Gasteiger partial charge in [-0.25, -0.2) is 0 Å². The first-order valence-corrected chi connectivity index (χ1v) is 6.07. The summed E-state index contributed by atoms with van der Waals surface area (Å²) in [6, 6.07) is 2.44. The summed E-state index contributed by atoms with van der Waals surface area (Å²) in [5.41, 5.74) is 1.26. The molecule has 1 N–H and O–H groups in total. The highest BCUT2D eigenvalue weighted by Gasteiger charge is 2.14. The van der Waals surface area contributed by atoms with Gasteiger partial charge in [0, 0.05) is 26.5 Å². The van der Waals surface area contributed by atoms with E-state index in [4.69, 9.17) is 4.74 Å². The summed E-state index contributed by atoms with van der Waals surface area (Å²) < 4.78 is 7.23. The lowest BCUT2D eigenvalue weighted by Gasteiger charge is -2.19. The van der Waals surface area contributed by atoms with Crippen LogP contribution in [0.2, 0.25) is 0 Å². The number of aromatic nitrogens is 2. The zero-order valence-electron chi connectivity index (χ0n) is 10.6. The van der Waals surface area contributed by atoms with Gasteiger partial charge in [0.2, 0.25) is 0 Å². The number of hydrogen-bond donors (Lipinski definition) is 1. The molecular weight excluding hydrogens is 202 g/mol. The molecule has 1 heterocycles. The van der Waals surface area contributed by atoms with E-state index in [1.807, 2.05) is 6.20 Å². The molecule has 0 saturated heterocycles. The standard InChI is InChI=1S/C12H23N3O/c1-4-9-15-12(6-8-14-15)11(13-5-2)7-10-16-3/h6,8,11,13H,4-5,7,9-10H2,1-3H3. The molecule has 16 heavy (non-hydrogen) atoms. The smallest absolute Gasteiger partial charge is 0.0554 e. The number of rotatable bonds is 8. The monoisotopic (exact) mass is 225 g/mol. The van der Waals surface area contributed by atoms with Crippen LogP contribution in [0.4, 0.5) is 0 Å². The van der Waals surface area contributed by atoms with E-state index in [1.54, 1.807) is 7.11 Å². The normalized spacial score (nSPS) is 12.9. The predicted octanol–water partition coefficient (Wildman–Crippen LogP) is 1.98. The molecule has 0 aliphatic carbocycles. The predicted molar refractivity (Wildman–Crippen MR) is 65.4 cm³/mol. The summed E-state index contributed by atoms with van der Waals surface area (Å²) in [6.45, 7) is 7.01. The fourth-order valence-corrected chi connectivity index (χ4v) is 1.87. The maximum absolute atomic E-state index is 5.15. The van der Waals surface area contributed by atoms with Gasteiger partial charge in [0.05, 0.1) is 11.7 Å². The Bertz CT molecular complexity index is 286. The quantitative estimate of drug-likeness (QED) is 0.735. The van der Waals surface area contributed by atoms with Gasteiger partial charge in [-0.15, -0.1) is 0 Å². The first-order chi connectivity index (χ1) is 7.83. The Morgan fingerprint density at radius 1 is 1.50 bits per heavy atom. The second-order valence-corrected chi connectivity index (χ2v) is 3.87. The van der Waals surface area contributed by atoms with Crippen molar-refractivity contribution in [2.24, 2.45) is 0 Å². The second-order valence-electron chi connectivity index (χ2n) is 3.87. The van der Waals surface area contributed by atoms with Crippen molar-refractivity contribution in [3.05, 3.63) is 18.0 Å². The number of aryl methyl sites for hydroxylation is 1. The highest BCUT2D eigenvalue weighted by Crippen LogP contribution is 2.16. The highest BCUT2D eigenvalue weighted by atomic mass is 16.5. The molecule has 0 spiro atoms. The summed E-state index contributed by atoms with van der Waals surface area (Å²) in [4.78, 5) is 0. The number of hydrogen-bond acceptors (Lipinski definition) is 3. The van der Waals surface area contributed by atoms with E-state index in [9.17, 15) is 0 Å². The summed E-state index contributed by atoms with van der Waals surface area (Å²) >= 11 is 0. The van der Waals surface area contributed by atoms with Gasteiger partial charge in [0.1, 0.15) is 0 Å². The van der Waals surface area contributed by atoms with E-state index >= 15 is 0 Å². The molecule has 1 rings (SSSR count). The SMILES string of the molecule is CCCn1nccc1C(CCOC)NCC. The van der Waals surface area contributed by atoms with E-state index in [2.05, 4.69) is 35.0 Å². The number of nitrogens with one attached hydrogen (secondary N) is 1. The minimum Gasteiger partial charge on any atom is -0.385 e. The van der Waals surface area contributed by atoms with E-state index in [-0.39, 0.29) is 0 Å². The van der Waals surface area contributed by atoms with Crippen molar-refractivity contribution in [2.75, 3.05) is 20.3 Å². The zero-order valence-corrected chi connectivity index (χ0v) is 10.6. The molecule has 1 aromatic heterocycles. The molecule has 0 aliphatic heterocycles. The Labute approximate surface area is 98.0 Å². The van der Waals surface area contributed by atoms with Crippen LogP contribution < -0.4 is 5.32 Å². The van der Waals surface area contributed by atoms with E-state index in [0.717, 1.165) is 32.5 Å². The van der Waals surface area contributed by atoms with Gasteiger partial charge in [-0.05, 0) is 25.5 Å². The Kier molecular flexibility index (Phi) is 6.11. The van der Waals surface area contributed by atoms with Crippen LogP contribution in [0.1, 0.15) is 38.4 Å². The molecule has 1 aromatic rings. The van der Waals surface area contributed by atoms with Gasteiger partial charge in [0.25, 0.3) is 0 Å². The Morgan fingerprint density at radius 3 is 2.94 bits per heavy atom. The lowest BCUT2D eigenvalue weighted by molar-refractivity contribution is 0.181. The van der Waals surface area contributed by atoms with Crippen LogP contribution in [0.3, 0.4) is 0 Å². The lowest BCUT2D eigenvalue weighted by atomic mass is 10.1. The van der Waals surface area contributed by atoms with Crippen LogP contribution in [0.5, 0.6) is 0 Å². The molecule has 0 amide bonds. The van der Waals surface area contributed by atoms with Crippen LogP contribution in [-0.4, -0.2) is 30.0 Å². The third kappa shape index (κ3) is 3.61. The van der Waals surface area contributed by atoms with E-state index < -0.39 is 0 Å². The number of ether oxygens (including phenoxy) is 1. The van der Waals surface area contributed by atoms with Crippen LogP contribution in [0.25, 0.3) is 0 Å². The van der Waals surface area contributed by atoms with Gasteiger partial charge >= 0.3 is 0 Å². The fraction of sp³-hybridized carbons (Fsp3) is 0.750. The molecule has 0 radical (unpaired) electrons. The Hall–Kier alpha value is -0.870. The summed E-state index contributed by atoms with van der Waals surface area (Å²) in [7, 11) is 1.74. The minimum atomic E-state index is 0.346. The topological polar surface area (TPSA) is 39.1 Å². The fourth-order valence-electron chi connectivity index (χ4n) is 1.87. The Morgan fingerprint density at radius 2 is 2.31 bits per heavy atom. The van der Waals surface area contributed by atoms with Gasteiger partial charge in [0.15, 0.2) is 0 Å². The molecule has 0 saturated carbocycles. The minimum absolute atomic E-state index is 0.346. The molecule has 92 valence electrons. The molecule has 4 heteroatoms. The van der Waals surface area contributed by atoms with Crippen molar-refractivity contribution < 1.29 is 4.74 Å². The maximum atomic E-state index is 5.15. The van der Waals surface area contributed by atoms with Crippen LogP contribution in [-0.2, 0) is 11.3 Å². The van der Waals surface area contributed by atoms with Crippen molar-refractivity contribution in [2.45, 2.75) is 39.3 Å². The molecule has 0 aromatic carbocycles. The van der Waals surface area contributed by atoms with Crippen molar-refractivity contribution in [1.29, 1.82) is 0 Å². The first-order valence-electron chi connectivity index (χ1n) is 6.07. The van der Waals surface area contributed by atoms with E-state index in [1.165, 1.54) is 5.69 Å². The second kappa shape index (κ2) is 7.41. The zero-order chi connectivity index (χ0) is 11.8. The summed E-state index contributed by atoms with van der Waals surface area (Å²) in [5, 5.41) is 7.83. The summed E-state index contributed by atoms with van der Waals surface area (Å²) in [5.74, 6) is 0. The van der Waals surface area contributed by atoms with Crippen molar-refractivity contribution in [1.82, 2.24) is 15.1 Å². The lowest BCUT2D eigenvalue weighted by Crippen LogP contribution is -2.25. The molecule has 1 unspecified atom stereocenters. The third-order valence-corrected chi connectivity index (χ3v) is 2.60. The average molecular weight is 225 g/mol. The average Bonchev–Trinajstić information content (AvgIpc) is 2.73. The van der Waals surface area contributed by atoms with Crippen molar-refractivity contribution in [3.63, 3.8) is 0 Å². The molecular formula is C12H23N3O. The largest absolute Gasteiger partial charge is 0.385 e. The molecule has 0 fully saturated rings. The van der Waals surface area contributed by atoms with Crippen LogP contribution in [0, 0.1) is 0 Å². The van der Waals surface area contributed by atoms with Crippen LogP contribution in [0.15, 0.2) is 12.3 Å². The Balaban J connectivity index is 2.70.